The van der Waals surface area contributed by atoms with Crippen LogP contribution in [0, 0.1) is 5.82 Å². The molecule has 0 spiro atoms. The average Bonchev–Trinajstić information content (AvgIpc) is 2.32. The van der Waals surface area contributed by atoms with Crippen LogP contribution in [0.1, 0.15) is 13.3 Å². The second kappa shape index (κ2) is 7.04. The fourth-order valence-corrected chi connectivity index (χ4v) is 2.60. The lowest BCUT2D eigenvalue weighted by Gasteiger charge is -2.07. The van der Waals surface area contributed by atoms with Crippen LogP contribution >= 0.6 is 11.6 Å². The second-order valence-electron chi connectivity index (χ2n) is 3.52. The molecule has 4 nitrogen and oxygen atoms in total. The summed E-state index contributed by atoms with van der Waals surface area (Å²) in [5.41, 5.74) is 0. The largest absolute Gasteiger partial charge is 0.382 e. The molecule has 0 aliphatic heterocycles. The minimum Gasteiger partial charge on any atom is -0.382 e. The Bertz CT molecular complexity index is 493. The zero-order chi connectivity index (χ0) is 13.6. The Morgan fingerprint density at radius 2 is 2.17 bits per heavy atom. The van der Waals surface area contributed by atoms with Gasteiger partial charge in [-0.15, -0.1) is 0 Å². The van der Waals surface area contributed by atoms with E-state index in [4.69, 9.17) is 16.3 Å². The Hall–Kier alpha value is -0.690. The molecule has 0 aliphatic rings. The highest BCUT2D eigenvalue weighted by atomic mass is 35.5. The highest BCUT2D eigenvalue weighted by molar-refractivity contribution is 7.89. The lowest BCUT2D eigenvalue weighted by molar-refractivity contribution is 0.146. The number of halogens is 2. The number of nitrogens with one attached hydrogen (secondary N) is 1. The third-order valence-corrected chi connectivity index (χ3v) is 3.91. The van der Waals surface area contributed by atoms with E-state index in [0.717, 1.165) is 12.1 Å². The molecule has 0 bridgehead atoms. The first-order valence-electron chi connectivity index (χ1n) is 5.50. The Kier molecular flexibility index (Phi) is 6.01. The molecule has 0 atom stereocenters. The summed E-state index contributed by atoms with van der Waals surface area (Å²) >= 11 is 5.54. The standard InChI is InChI=1S/C11H15ClFNO3S/c1-2-17-7-3-6-14-18(15,16)9-4-5-11(13)10(12)8-9/h4-5,8,14H,2-3,6-7H2,1H3. The second-order valence-corrected chi connectivity index (χ2v) is 5.70. The van der Waals surface area contributed by atoms with Crippen molar-refractivity contribution in [2.45, 2.75) is 18.2 Å². The summed E-state index contributed by atoms with van der Waals surface area (Å²) < 4.78 is 44.0. The molecule has 0 aliphatic carbocycles. The van der Waals surface area contributed by atoms with E-state index in [1.54, 1.807) is 0 Å². The molecule has 1 N–H and O–H groups in total. The lowest BCUT2D eigenvalue weighted by Crippen LogP contribution is -2.25. The van der Waals surface area contributed by atoms with Gasteiger partial charge in [0.05, 0.1) is 9.92 Å². The van der Waals surface area contributed by atoms with Crippen molar-refractivity contribution in [3.8, 4) is 0 Å². The molecule has 0 saturated carbocycles. The third kappa shape index (κ3) is 4.53. The zero-order valence-electron chi connectivity index (χ0n) is 9.95. The van der Waals surface area contributed by atoms with Crippen LogP contribution in [0.15, 0.2) is 23.1 Å². The van der Waals surface area contributed by atoms with Crippen LogP contribution in [-0.4, -0.2) is 28.2 Å². The molecule has 0 saturated heterocycles. The van der Waals surface area contributed by atoms with Gasteiger partial charge in [-0.05, 0) is 31.5 Å². The summed E-state index contributed by atoms with van der Waals surface area (Å²) in [6.07, 6.45) is 0.571. The molecule has 18 heavy (non-hydrogen) atoms. The number of ether oxygens (including phenoxy) is 1. The van der Waals surface area contributed by atoms with Gasteiger partial charge >= 0.3 is 0 Å². The molecule has 1 aromatic rings. The molecule has 0 aromatic heterocycles. The van der Waals surface area contributed by atoms with E-state index in [9.17, 15) is 12.8 Å². The minimum absolute atomic E-state index is 0.0506. The van der Waals surface area contributed by atoms with Crippen LogP contribution in [0.4, 0.5) is 4.39 Å². The Morgan fingerprint density at radius 3 is 2.78 bits per heavy atom. The van der Waals surface area contributed by atoms with Gasteiger partial charge in [0, 0.05) is 19.8 Å². The summed E-state index contributed by atoms with van der Waals surface area (Å²) in [6, 6.07) is 3.28. The number of benzene rings is 1. The van der Waals surface area contributed by atoms with Gasteiger partial charge in [0.1, 0.15) is 5.82 Å². The highest BCUT2D eigenvalue weighted by Crippen LogP contribution is 2.19. The lowest BCUT2D eigenvalue weighted by atomic mass is 10.3. The molecule has 0 radical (unpaired) electrons. The van der Waals surface area contributed by atoms with Gasteiger partial charge in [-0.1, -0.05) is 11.6 Å². The van der Waals surface area contributed by atoms with E-state index >= 15 is 0 Å². The molecular weight excluding hydrogens is 281 g/mol. The van der Waals surface area contributed by atoms with Crippen molar-refractivity contribution in [2.75, 3.05) is 19.8 Å². The van der Waals surface area contributed by atoms with Gasteiger partial charge in [-0.3, -0.25) is 0 Å². The Morgan fingerprint density at radius 1 is 1.44 bits per heavy atom. The maximum Gasteiger partial charge on any atom is 0.240 e. The number of sulfonamides is 1. The molecule has 0 unspecified atom stereocenters. The number of rotatable bonds is 7. The van der Waals surface area contributed by atoms with Gasteiger partial charge in [0.2, 0.25) is 10.0 Å². The van der Waals surface area contributed by atoms with Crippen LogP contribution in [0.3, 0.4) is 0 Å². The van der Waals surface area contributed by atoms with Gasteiger partial charge < -0.3 is 4.74 Å². The van der Waals surface area contributed by atoms with Crippen molar-refractivity contribution in [3.05, 3.63) is 29.0 Å². The summed E-state index contributed by atoms with van der Waals surface area (Å²) in [7, 11) is -3.64. The van der Waals surface area contributed by atoms with Crippen LogP contribution in [0.5, 0.6) is 0 Å². The Labute approximate surface area is 111 Å². The minimum atomic E-state index is -3.64. The van der Waals surface area contributed by atoms with Crippen molar-refractivity contribution in [2.24, 2.45) is 0 Å². The van der Waals surface area contributed by atoms with Crippen molar-refractivity contribution in [3.63, 3.8) is 0 Å². The first-order valence-corrected chi connectivity index (χ1v) is 7.36. The smallest absolute Gasteiger partial charge is 0.240 e. The van der Waals surface area contributed by atoms with Gasteiger partial charge in [0.15, 0.2) is 0 Å². The van der Waals surface area contributed by atoms with Crippen molar-refractivity contribution >= 4 is 21.6 Å². The topological polar surface area (TPSA) is 55.4 Å². The van der Waals surface area contributed by atoms with Crippen molar-refractivity contribution < 1.29 is 17.5 Å². The van der Waals surface area contributed by atoms with Gasteiger partial charge in [0.25, 0.3) is 0 Å². The van der Waals surface area contributed by atoms with Crippen LogP contribution in [0.25, 0.3) is 0 Å². The maximum absolute atomic E-state index is 12.9. The predicted molar refractivity (Wildman–Crippen MR) is 67.7 cm³/mol. The highest BCUT2D eigenvalue weighted by Gasteiger charge is 2.14. The van der Waals surface area contributed by atoms with E-state index in [-0.39, 0.29) is 16.5 Å². The zero-order valence-corrected chi connectivity index (χ0v) is 11.5. The van der Waals surface area contributed by atoms with Crippen LogP contribution < -0.4 is 4.72 Å². The third-order valence-electron chi connectivity index (χ3n) is 2.16. The van der Waals surface area contributed by atoms with Gasteiger partial charge in [-0.25, -0.2) is 17.5 Å². The summed E-state index contributed by atoms with van der Waals surface area (Å²) in [4.78, 5) is -0.0506. The molecule has 0 fully saturated rings. The van der Waals surface area contributed by atoms with Crippen molar-refractivity contribution in [1.29, 1.82) is 0 Å². The van der Waals surface area contributed by atoms with E-state index in [1.165, 1.54) is 6.07 Å². The van der Waals surface area contributed by atoms with E-state index in [0.29, 0.717) is 19.6 Å². The van der Waals surface area contributed by atoms with Crippen LogP contribution in [0.2, 0.25) is 5.02 Å². The first kappa shape index (κ1) is 15.4. The van der Waals surface area contributed by atoms with E-state index in [2.05, 4.69) is 4.72 Å². The molecule has 0 heterocycles. The van der Waals surface area contributed by atoms with E-state index in [1.807, 2.05) is 6.92 Å². The molecule has 1 aromatic carbocycles. The normalized spacial score (nSPS) is 11.7. The average molecular weight is 296 g/mol. The fourth-order valence-electron chi connectivity index (χ4n) is 1.25. The Balaban J connectivity index is 2.60. The maximum atomic E-state index is 12.9. The quantitative estimate of drug-likeness (QED) is 0.785. The van der Waals surface area contributed by atoms with Crippen LogP contribution in [-0.2, 0) is 14.8 Å². The van der Waals surface area contributed by atoms with Gasteiger partial charge in [-0.2, -0.15) is 0 Å². The number of hydrogen-bond donors (Lipinski definition) is 1. The monoisotopic (exact) mass is 295 g/mol. The molecule has 102 valence electrons. The predicted octanol–water partition coefficient (Wildman–Crippen LogP) is 2.18. The van der Waals surface area contributed by atoms with E-state index < -0.39 is 15.8 Å². The number of hydrogen-bond acceptors (Lipinski definition) is 3. The SMILES string of the molecule is CCOCCCNS(=O)(=O)c1ccc(F)c(Cl)c1. The first-order chi connectivity index (χ1) is 8.47. The summed E-state index contributed by atoms with van der Waals surface area (Å²) in [5.74, 6) is -0.646. The fraction of sp³-hybridized carbons (Fsp3) is 0.455. The summed E-state index contributed by atoms with van der Waals surface area (Å²) in [5, 5.41) is -0.216. The molecule has 1 rings (SSSR count). The molecular formula is C11H15ClFNO3S. The van der Waals surface area contributed by atoms with Crippen molar-refractivity contribution in [1.82, 2.24) is 4.72 Å². The molecule has 0 amide bonds. The molecule has 7 heteroatoms. The summed E-state index contributed by atoms with van der Waals surface area (Å²) in [6.45, 7) is 3.21.